The first kappa shape index (κ1) is 12.1. The molecule has 2 heterocycles. The van der Waals surface area contributed by atoms with Crippen LogP contribution in [0.15, 0.2) is 12.2 Å². The Balaban J connectivity index is 2.24. The van der Waals surface area contributed by atoms with Gasteiger partial charge in [-0.2, -0.15) is 0 Å². The van der Waals surface area contributed by atoms with Crippen LogP contribution in [0.25, 0.3) is 0 Å². The molecule has 5 heteroatoms. The Bertz CT molecular complexity index is 354. The zero-order valence-corrected chi connectivity index (χ0v) is 9.96. The number of nitrogens with zero attached hydrogens (tertiary/aromatic N) is 1. The molecule has 17 heavy (non-hydrogen) atoms. The fourth-order valence-electron chi connectivity index (χ4n) is 2.60. The number of rotatable bonds is 1. The minimum absolute atomic E-state index is 0.0919. The molecule has 2 rings (SSSR count). The topological polar surface area (TPSA) is 72.6 Å². The SMILES string of the molecule is COC(=O)C1CCC2C/C=C\CC(N)C(=O)N21. The quantitative estimate of drug-likeness (QED) is 0.523. The van der Waals surface area contributed by atoms with E-state index in [2.05, 4.69) is 0 Å². The second-order valence-electron chi connectivity index (χ2n) is 4.56. The van der Waals surface area contributed by atoms with Crippen LogP contribution in [0.1, 0.15) is 25.7 Å². The molecule has 3 unspecified atom stereocenters. The highest BCUT2D eigenvalue weighted by molar-refractivity contribution is 5.88. The molecule has 2 aliphatic rings. The number of ether oxygens (including phenoxy) is 1. The van der Waals surface area contributed by atoms with E-state index >= 15 is 0 Å². The van der Waals surface area contributed by atoms with Crippen molar-refractivity contribution >= 4 is 11.9 Å². The standard InChI is InChI=1S/C12H18N2O3/c1-17-12(16)10-7-6-8-4-2-3-5-9(13)11(15)14(8)10/h2-3,8-10H,4-7,13H2,1H3/b3-2-. The molecule has 0 aromatic carbocycles. The van der Waals surface area contributed by atoms with E-state index in [9.17, 15) is 9.59 Å². The molecule has 0 aliphatic carbocycles. The van der Waals surface area contributed by atoms with Gasteiger partial charge in [-0.25, -0.2) is 4.79 Å². The van der Waals surface area contributed by atoms with Gasteiger partial charge in [-0.15, -0.1) is 0 Å². The fraction of sp³-hybridized carbons (Fsp3) is 0.667. The zero-order valence-electron chi connectivity index (χ0n) is 9.96. The smallest absolute Gasteiger partial charge is 0.328 e. The van der Waals surface area contributed by atoms with Crippen LogP contribution in [0.4, 0.5) is 0 Å². The summed E-state index contributed by atoms with van der Waals surface area (Å²) in [7, 11) is 1.35. The molecule has 0 bridgehead atoms. The van der Waals surface area contributed by atoms with Gasteiger partial charge < -0.3 is 15.4 Å². The Labute approximate surface area is 101 Å². The van der Waals surface area contributed by atoms with Gasteiger partial charge in [-0.3, -0.25) is 4.79 Å². The summed E-state index contributed by atoms with van der Waals surface area (Å²) in [6.45, 7) is 0. The summed E-state index contributed by atoms with van der Waals surface area (Å²) in [6.07, 6.45) is 6.84. The summed E-state index contributed by atoms with van der Waals surface area (Å²) < 4.78 is 4.75. The van der Waals surface area contributed by atoms with Crippen LogP contribution in [0.2, 0.25) is 0 Å². The number of nitrogens with two attached hydrogens (primary N) is 1. The monoisotopic (exact) mass is 238 g/mol. The van der Waals surface area contributed by atoms with Crippen molar-refractivity contribution in [3.63, 3.8) is 0 Å². The van der Waals surface area contributed by atoms with Gasteiger partial charge >= 0.3 is 5.97 Å². The highest BCUT2D eigenvalue weighted by atomic mass is 16.5. The number of fused-ring (bicyclic) bond motifs is 1. The molecule has 5 nitrogen and oxygen atoms in total. The van der Waals surface area contributed by atoms with E-state index in [1.807, 2.05) is 12.2 Å². The van der Waals surface area contributed by atoms with E-state index in [0.717, 1.165) is 12.8 Å². The van der Waals surface area contributed by atoms with Crippen LogP contribution in [-0.4, -0.2) is 42.0 Å². The first-order valence-corrected chi connectivity index (χ1v) is 5.95. The maximum absolute atomic E-state index is 12.2. The van der Waals surface area contributed by atoms with Crippen LogP contribution in [0, 0.1) is 0 Å². The number of esters is 1. The predicted octanol–water partition coefficient (Wildman–Crippen LogP) is 0.196. The van der Waals surface area contributed by atoms with E-state index < -0.39 is 12.1 Å². The summed E-state index contributed by atoms with van der Waals surface area (Å²) in [4.78, 5) is 25.5. The van der Waals surface area contributed by atoms with Crippen molar-refractivity contribution in [1.29, 1.82) is 0 Å². The molecule has 3 atom stereocenters. The lowest BCUT2D eigenvalue weighted by Gasteiger charge is -2.31. The highest BCUT2D eigenvalue weighted by Crippen LogP contribution is 2.29. The Hall–Kier alpha value is -1.36. The number of carbonyl (C=O) groups is 2. The molecule has 1 fully saturated rings. The molecular weight excluding hydrogens is 220 g/mol. The van der Waals surface area contributed by atoms with Crippen molar-refractivity contribution < 1.29 is 14.3 Å². The third kappa shape index (κ3) is 2.20. The molecule has 1 saturated heterocycles. The number of hydrogen-bond donors (Lipinski definition) is 1. The van der Waals surface area contributed by atoms with Gasteiger partial charge in [0.1, 0.15) is 6.04 Å². The van der Waals surface area contributed by atoms with E-state index in [0.29, 0.717) is 12.8 Å². The molecule has 0 aromatic heterocycles. The lowest BCUT2D eigenvalue weighted by Crippen LogP contribution is -2.52. The largest absolute Gasteiger partial charge is 0.467 e. The molecule has 94 valence electrons. The fourth-order valence-corrected chi connectivity index (χ4v) is 2.60. The van der Waals surface area contributed by atoms with Crippen molar-refractivity contribution in [2.75, 3.05) is 7.11 Å². The number of carbonyl (C=O) groups excluding carboxylic acids is 2. The lowest BCUT2D eigenvalue weighted by atomic mass is 10.1. The van der Waals surface area contributed by atoms with Crippen LogP contribution < -0.4 is 5.73 Å². The predicted molar refractivity (Wildman–Crippen MR) is 62.0 cm³/mol. The van der Waals surface area contributed by atoms with Gasteiger partial charge in [0.15, 0.2) is 0 Å². The summed E-state index contributed by atoms with van der Waals surface area (Å²) in [5, 5.41) is 0. The maximum Gasteiger partial charge on any atom is 0.328 e. The maximum atomic E-state index is 12.2. The van der Waals surface area contributed by atoms with Gasteiger partial charge in [0.25, 0.3) is 0 Å². The summed E-state index contributed by atoms with van der Waals surface area (Å²) in [6, 6.07) is -0.899. The van der Waals surface area contributed by atoms with Crippen molar-refractivity contribution in [1.82, 2.24) is 4.90 Å². The van der Waals surface area contributed by atoms with Gasteiger partial charge in [0.05, 0.1) is 13.2 Å². The van der Waals surface area contributed by atoms with Crippen LogP contribution in [-0.2, 0) is 14.3 Å². The third-order valence-electron chi connectivity index (χ3n) is 3.51. The van der Waals surface area contributed by atoms with Crippen molar-refractivity contribution in [2.24, 2.45) is 5.73 Å². The number of hydrogen-bond acceptors (Lipinski definition) is 4. The molecule has 1 amide bonds. The molecule has 0 saturated carbocycles. The number of methoxy groups -OCH3 is 1. The number of amides is 1. The lowest BCUT2D eigenvalue weighted by molar-refractivity contribution is -0.152. The molecule has 0 spiro atoms. The molecule has 0 aromatic rings. The van der Waals surface area contributed by atoms with Crippen LogP contribution in [0.3, 0.4) is 0 Å². The normalized spacial score (nSPS) is 34.8. The van der Waals surface area contributed by atoms with Crippen LogP contribution >= 0.6 is 0 Å². The minimum atomic E-state index is -0.542. The molecule has 2 aliphatic heterocycles. The average Bonchev–Trinajstić information content (AvgIpc) is 2.74. The van der Waals surface area contributed by atoms with Crippen molar-refractivity contribution in [2.45, 2.75) is 43.8 Å². The van der Waals surface area contributed by atoms with E-state index in [1.54, 1.807) is 4.90 Å². The van der Waals surface area contributed by atoms with Crippen molar-refractivity contribution in [3.8, 4) is 0 Å². The molecule has 0 radical (unpaired) electrons. The van der Waals surface area contributed by atoms with E-state index in [1.165, 1.54) is 7.11 Å². The highest BCUT2D eigenvalue weighted by Gasteiger charge is 2.42. The van der Waals surface area contributed by atoms with E-state index in [-0.39, 0.29) is 17.9 Å². The molecule has 2 N–H and O–H groups in total. The second kappa shape index (κ2) is 4.87. The minimum Gasteiger partial charge on any atom is -0.467 e. The van der Waals surface area contributed by atoms with Gasteiger partial charge in [0.2, 0.25) is 5.91 Å². The third-order valence-corrected chi connectivity index (χ3v) is 3.51. The van der Waals surface area contributed by atoms with Crippen LogP contribution in [0.5, 0.6) is 0 Å². The Morgan fingerprint density at radius 1 is 1.41 bits per heavy atom. The van der Waals surface area contributed by atoms with Crippen molar-refractivity contribution in [3.05, 3.63) is 12.2 Å². The summed E-state index contributed by atoms with van der Waals surface area (Å²) in [5.74, 6) is -0.468. The Kier molecular flexibility index (Phi) is 3.47. The first-order chi connectivity index (χ1) is 8.15. The van der Waals surface area contributed by atoms with Gasteiger partial charge in [-0.05, 0) is 25.7 Å². The summed E-state index contributed by atoms with van der Waals surface area (Å²) >= 11 is 0. The van der Waals surface area contributed by atoms with Gasteiger partial charge in [0, 0.05) is 6.04 Å². The first-order valence-electron chi connectivity index (χ1n) is 5.95. The van der Waals surface area contributed by atoms with E-state index in [4.69, 9.17) is 10.5 Å². The van der Waals surface area contributed by atoms with Gasteiger partial charge in [-0.1, -0.05) is 12.2 Å². The Morgan fingerprint density at radius 3 is 2.82 bits per heavy atom. The summed E-state index contributed by atoms with van der Waals surface area (Å²) in [5.41, 5.74) is 5.81. The molecular formula is C12H18N2O3. The second-order valence-corrected chi connectivity index (χ2v) is 4.56. The zero-order chi connectivity index (χ0) is 12.4. The Morgan fingerprint density at radius 2 is 2.12 bits per heavy atom. The average molecular weight is 238 g/mol.